The lowest BCUT2D eigenvalue weighted by Gasteiger charge is -2.08. The Morgan fingerprint density at radius 3 is 2.46 bits per heavy atom. The first kappa shape index (κ1) is 30.1. The van der Waals surface area contributed by atoms with Gasteiger partial charge in [-0.2, -0.15) is 0 Å². The number of carbonyl (C=O) groups excluding carboxylic acids is 4. The van der Waals surface area contributed by atoms with Crippen LogP contribution in [0.1, 0.15) is 55.6 Å². The molecule has 0 saturated heterocycles. The van der Waals surface area contributed by atoms with Crippen LogP contribution in [0, 0.1) is 12.7 Å². The third-order valence-corrected chi connectivity index (χ3v) is 7.72. The Morgan fingerprint density at radius 1 is 1.10 bits per heavy atom. The smallest absolute Gasteiger partial charge is 0.348 e. The van der Waals surface area contributed by atoms with Crippen molar-refractivity contribution >= 4 is 63.5 Å². The summed E-state index contributed by atoms with van der Waals surface area (Å²) in [6.45, 7) is 5.11. The van der Waals surface area contributed by atoms with Crippen LogP contribution in [-0.2, 0) is 27.9 Å². The van der Waals surface area contributed by atoms with Gasteiger partial charge in [0, 0.05) is 7.05 Å². The number of hydrogen-bond acceptors (Lipinski definition) is 10. The normalized spacial score (nSPS) is 10.7. The first-order valence-corrected chi connectivity index (χ1v) is 13.8. The fourth-order valence-electron chi connectivity index (χ4n) is 3.32. The van der Waals surface area contributed by atoms with E-state index in [0.717, 1.165) is 29.2 Å². The van der Waals surface area contributed by atoms with E-state index in [1.807, 2.05) is 0 Å². The molecule has 0 aliphatic heterocycles. The van der Waals surface area contributed by atoms with Gasteiger partial charge < -0.3 is 24.7 Å². The van der Waals surface area contributed by atoms with Crippen LogP contribution < -0.4 is 10.6 Å². The summed E-state index contributed by atoms with van der Waals surface area (Å²) in [6.07, 6.45) is 0. The minimum atomic E-state index is -0.748. The molecule has 2 amide bonds. The van der Waals surface area contributed by atoms with Gasteiger partial charge in [-0.15, -0.1) is 21.5 Å². The molecule has 2 aromatic heterocycles. The van der Waals surface area contributed by atoms with Crippen molar-refractivity contribution in [3.63, 3.8) is 0 Å². The van der Waals surface area contributed by atoms with Crippen LogP contribution in [0.3, 0.4) is 0 Å². The highest BCUT2D eigenvalue weighted by Crippen LogP contribution is 2.34. The van der Waals surface area contributed by atoms with Gasteiger partial charge in [-0.05, 0) is 38.5 Å². The monoisotopic (exact) mass is 597 g/mol. The lowest BCUT2D eigenvalue weighted by Crippen LogP contribution is -2.25. The molecule has 2 heterocycles. The van der Waals surface area contributed by atoms with Crippen molar-refractivity contribution in [3.8, 4) is 0 Å². The second-order valence-electron chi connectivity index (χ2n) is 7.78. The van der Waals surface area contributed by atoms with Crippen LogP contribution in [-0.4, -0.2) is 57.5 Å². The van der Waals surface area contributed by atoms with Crippen LogP contribution >= 0.6 is 34.7 Å². The van der Waals surface area contributed by atoms with Crippen molar-refractivity contribution in [2.75, 3.05) is 24.3 Å². The number of rotatable bonds is 11. The number of hydrogen-bond donors (Lipinski definition) is 2. The Labute approximate surface area is 236 Å². The second-order valence-corrected chi connectivity index (χ2v) is 10.1. The molecule has 208 valence electrons. The van der Waals surface area contributed by atoms with Gasteiger partial charge in [-0.3, -0.25) is 9.59 Å². The van der Waals surface area contributed by atoms with Crippen molar-refractivity contribution in [1.29, 1.82) is 0 Å². The van der Waals surface area contributed by atoms with E-state index < -0.39 is 29.6 Å². The molecule has 0 spiro atoms. The average Bonchev–Trinajstić information content (AvgIpc) is 3.40. The number of ether oxygens (including phenoxy) is 2. The highest BCUT2D eigenvalue weighted by atomic mass is 35.5. The lowest BCUT2D eigenvalue weighted by atomic mass is 10.1. The summed E-state index contributed by atoms with van der Waals surface area (Å²) in [6, 6.07) is 3.94. The number of thiophene rings is 1. The molecule has 3 rings (SSSR count). The van der Waals surface area contributed by atoms with Gasteiger partial charge in [0.05, 0.1) is 41.7 Å². The summed E-state index contributed by atoms with van der Waals surface area (Å²) in [5, 5.41) is 13.8. The number of halogens is 2. The Balaban J connectivity index is 1.66. The molecular formula is C24H25ClFN5O6S2. The van der Waals surface area contributed by atoms with E-state index in [2.05, 4.69) is 20.8 Å². The molecule has 39 heavy (non-hydrogen) atoms. The molecule has 0 aliphatic carbocycles. The number of thioether (sulfide) groups is 1. The molecule has 15 heteroatoms. The number of aromatic nitrogens is 3. The number of esters is 2. The topological polar surface area (TPSA) is 142 Å². The SMILES string of the molecule is CCOC(=O)c1sc(NC(=O)CSc2nnc(CNC(=O)c3c(F)cccc3Cl)n2C)c(C(=O)OCC)c1C. The van der Waals surface area contributed by atoms with Crippen LogP contribution in [0.2, 0.25) is 5.02 Å². The largest absolute Gasteiger partial charge is 0.462 e. The molecule has 0 aliphatic rings. The molecule has 0 saturated carbocycles. The maximum Gasteiger partial charge on any atom is 0.348 e. The van der Waals surface area contributed by atoms with E-state index in [0.29, 0.717) is 16.5 Å². The zero-order valence-corrected chi connectivity index (χ0v) is 23.8. The van der Waals surface area contributed by atoms with E-state index in [9.17, 15) is 23.6 Å². The molecule has 11 nitrogen and oxygen atoms in total. The second kappa shape index (κ2) is 13.5. The molecule has 1 aromatic carbocycles. The quantitative estimate of drug-likeness (QED) is 0.248. The number of amides is 2. The van der Waals surface area contributed by atoms with Gasteiger partial charge in [0.1, 0.15) is 15.7 Å². The van der Waals surface area contributed by atoms with E-state index in [1.165, 1.54) is 12.1 Å². The molecular weight excluding hydrogens is 573 g/mol. The van der Waals surface area contributed by atoms with E-state index in [4.69, 9.17) is 21.1 Å². The summed E-state index contributed by atoms with van der Waals surface area (Å²) < 4.78 is 25.7. The molecule has 0 unspecified atom stereocenters. The molecule has 0 radical (unpaired) electrons. The van der Waals surface area contributed by atoms with Gasteiger partial charge in [-0.25, -0.2) is 14.0 Å². The highest BCUT2D eigenvalue weighted by molar-refractivity contribution is 7.99. The molecule has 0 bridgehead atoms. The van der Waals surface area contributed by atoms with Crippen molar-refractivity contribution in [2.24, 2.45) is 7.05 Å². The summed E-state index contributed by atoms with van der Waals surface area (Å²) in [5.74, 6) is -2.93. The zero-order valence-electron chi connectivity index (χ0n) is 21.4. The first-order valence-electron chi connectivity index (χ1n) is 11.6. The number of anilines is 1. The van der Waals surface area contributed by atoms with Crippen LogP contribution in [0.5, 0.6) is 0 Å². The van der Waals surface area contributed by atoms with Gasteiger partial charge in [0.2, 0.25) is 5.91 Å². The predicted octanol–water partition coefficient (Wildman–Crippen LogP) is 3.99. The predicted molar refractivity (Wildman–Crippen MR) is 144 cm³/mol. The lowest BCUT2D eigenvalue weighted by molar-refractivity contribution is -0.113. The molecule has 3 aromatic rings. The minimum absolute atomic E-state index is 0.0193. The molecule has 0 atom stereocenters. The number of nitrogens with zero attached hydrogens (tertiary/aromatic N) is 3. The summed E-state index contributed by atoms with van der Waals surface area (Å²) in [7, 11) is 1.64. The van der Waals surface area contributed by atoms with Crippen LogP contribution in [0.25, 0.3) is 0 Å². The fourth-order valence-corrected chi connectivity index (χ4v) is 5.41. The third kappa shape index (κ3) is 7.13. The standard InChI is InChI=1S/C24H25ClFN5O6S2/c1-5-36-22(34)17-12(3)19(23(35)37-6-2)39-21(17)28-16(32)11-38-24-30-29-15(31(24)4)10-27-20(33)18-13(25)8-7-9-14(18)26/h7-9H,5-6,10-11H2,1-4H3,(H,27,33)(H,28,32). The Hall–Kier alpha value is -3.49. The third-order valence-electron chi connectivity index (χ3n) is 5.19. The molecule has 2 N–H and O–H groups in total. The zero-order chi connectivity index (χ0) is 28.7. The minimum Gasteiger partial charge on any atom is -0.462 e. The number of nitrogens with one attached hydrogen (secondary N) is 2. The highest BCUT2D eigenvalue weighted by Gasteiger charge is 2.27. The fraction of sp³-hybridized carbons (Fsp3) is 0.333. The van der Waals surface area contributed by atoms with E-state index in [1.54, 1.807) is 32.4 Å². The van der Waals surface area contributed by atoms with Gasteiger partial charge in [0.15, 0.2) is 11.0 Å². The number of carbonyl (C=O) groups is 4. The molecule has 0 fully saturated rings. The summed E-state index contributed by atoms with van der Waals surface area (Å²) >= 11 is 7.92. The summed E-state index contributed by atoms with van der Waals surface area (Å²) in [4.78, 5) is 50.1. The summed E-state index contributed by atoms with van der Waals surface area (Å²) in [5.41, 5.74) is 0.177. The van der Waals surface area contributed by atoms with E-state index >= 15 is 0 Å². The maximum absolute atomic E-state index is 14.0. The maximum atomic E-state index is 14.0. The van der Waals surface area contributed by atoms with Gasteiger partial charge in [0.25, 0.3) is 5.91 Å². The van der Waals surface area contributed by atoms with Crippen LogP contribution in [0.15, 0.2) is 23.4 Å². The Kier molecular flexibility index (Phi) is 10.4. The Bertz CT molecular complexity index is 1390. The van der Waals surface area contributed by atoms with Crippen molar-refractivity contribution in [1.82, 2.24) is 20.1 Å². The van der Waals surface area contributed by atoms with Gasteiger partial charge >= 0.3 is 11.9 Å². The Morgan fingerprint density at radius 2 is 1.79 bits per heavy atom. The average molecular weight is 598 g/mol. The number of benzene rings is 1. The van der Waals surface area contributed by atoms with Crippen molar-refractivity contribution in [3.05, 3.63) is 56.4 Å². The van der Waals surface area contributed by atoms with E-state index in [-0.39, 0.29) is 51.5 Å². The first-order chi connectivity index (χ1) is 18.6. The van der Waals surface area contributed by atoms with Crippen molar-refractivity contribution < 1.29 is 33.0 Å². The van der Waals surface area contributed by atoms with Crippen molar-refractivity contribution in [2.45, 2.75) is 32.5 Å². The van der Waals surface area contributed by atoms with Gasteiger partial charge in [-0.1, -0.05) is 29.4 Å². The van der Waals surface area contributed by atoms with Crippen LogP contribution in [0.4, 0.5) is 9.39 Å².